The highest BCUT2D eigenvalue weighted by molar-refractivity contribution is 6.18. The normalized spacial score (nSPS) is 12.8. The molecule has 1 aliphatic rings. The molecule has 3 nitrogen and oxygen atoms in total. The van der Waals surface area contributed by atoms with Crippen molar-refractivity contribution in [1.29, 1.82) is 0 Å². The van der Waals surface area contributed by atoms with E-state index in [0.29, 0.717) is 12.2 Å². The fourth-order valence-electron chi connectivity index (χ4n) is 2.94. The van der Waals surface area contributed by atoms with E-state index in [0.717, 1.165) is 33.7 Å². The minimum absolute atomic E-state index is 0.270. The number of rotatable bonds is 2. The van der Waals surface area contributed by atoms with Gasteiger partial charge in [-0.1, -0.05) is 24.3 Å². The second-order valence-electron chi connectivity index (χ2n) is 5.48. The van der Waals surface area contributed by atoms with Crippen LogP contribution in [-0.4, -0.2) is 10.7 Å². The molecule has 4 heteroatoms. The van der Waals surface area contributed by atoms with E-state index in [4.69, 9.17) is 5.73 Å². The summed E-state index contributed by atoms with van der Waals surface area (Å²) in [6.45, 7) is 0.511. The fraction of sp³-hybridized carbons (Fsp3) is 0.0526. The molecule has 2 aromatic carbocycles. The SMILES string of the molecule is Nc1cccc(-c2ccnc3c2C(c2cccc(F)c2)=NC3)c1. The van der Waals surface area contributed by atoms with Gasteiger partial charge in [-0.15, -0.1) is 0 Å². The van der Waals surface area contributed by atoms with Gasteiger partial charge in [0.15, 0.2) is 0 Å². The zero-order valence-electron chi connectivity index (χ0n) is 12.3. The van der Waals surface area contributed by atoms with Gasteiger partial charge in [-0.2, -0.15) is 0 Å². The van der Waals surface area contributed by atoms with Gasteiger partial charge in [0, 0.05) is 23.0 Å². The smallest absolute Gasteiger partial charge is 0.123 e. The van der Waals surface area contributed by atoms with Crippen LogP contribution in [0.3, 0.4) is 0 Å². The van der Waals surface area contributed by atoms with Crippen LogP contribution in [-0.2, 0) is 6.54 Å². The van der Waals surface area contributed by atoms with E-state index in [1.54, 1.807) is 12.3 Å². The van der Waals surface area contributed by atoms with Gasteiger partial charge >= 0.3 is 0 Å². The van der Waals surface area contributed by atoms with Gasteiger partial charge in [0.1, 0.15) is 5.82 Å². The van der Waals surface area contributed by atoms with Crippen molar-refractivity contribution in [3.63, 3.8) is 0 Å². The molecule has 0 aliphatic carbocycles. The van der Waals surface area contributed by atoms with Crippen molar-refractivity contribution in [3.05, 3.63) is 83.4 Å². The van der Waals surface area contributed by atoms with Crippen molar-refractivity contribution in [2.24, 2.45) is 4.99 Å². The van der Waals surface area contributed by atoms with E-state index >= 15 is 0 Å². The first-order chi connectivity index (χ1) is 11.2. The summed E-state index contributed by atoms with van der Waals surface area (Å²) in [5.74, 6) is -0.270. The van der Waals surface area contributed by atoms with E-state index in [1.807, 2.05) is 36.4 Å². The first-order valence-corrected chi connectivity index (χ1v) is 7.37. The van der Waals surface area contributed by atoms with E-state index in [-0.39, 0.29) is 5.82 Å². The molecule has 2 heterocycles. The summed E-state index contributed by atoms with van der Waals surface area (Å²) < 4.78 is 13.6. The second-order valence-corrected chi connectivity index (χ2v) is 5.48. The predicted octanol–water partition coefficient (Wildman–Crippen LogP) is 3.82. The van der Waals surface area contributed by atoms with Crippen LogP contribution in [0.15, 0.2) is 65.8 Å². The third-order valence-corrected chi connectivity index (χ3v) is 3.95. The second kappa shape index (κ2) is 5.32. The molecule has 0 fully saturated rings. The first kappa shape index (κ1) is 13.6. The maximum absolute atomic E-state index is 13.6. The molecule has 0 amide bonds. The van der Waals surface area contributed by atoms with Crippen LogP contribution in [0.2, 0.25) is 0 Å². The Balaban J connectivity index is 1.90. The number of fused-ring (bicyclic) bond motifs is 1. The molecule has 112 valence electrons. The minimum atomic E-state index is -0.270. The summed E-state index contributed by atoms with van der Waals surface area (Å²) in [4.78, 5) is 9.01. The monoisotopic (exact) mass is 303 g/mol. The van der Waals surface area contributed by atoms with Crippen molar-refractivity contribution >= 4 is 11.4 Å². The molecule has 0 atom stereocenters. The van der Waals surface area contributed by atoms with Crippen LogP contribution in [0.4, 0.5) is 10.1 Å². The predicted molar refractivity (Wildman–Crippen MR) is 89.8 cm³/mol. The Hall–Kier alpha value is -3.01. The molecule has 23 heavy (non-hydrogen) atoms. The average Bonchev–Trinajstić information content (AvgIpc) is 2.99. The van der Waals surface area contributed by atoms with Crippen LogP contribution in [0.25, 0.3) is 11.1 Å². The van der Waals surface area contributed by atoms with Crippen molar-refractivity contribution in [2.75, 3.05) is 5.73 Å². The van der Waals surface area contributed by atoms with Crippen molar-refractivity contribution in [2.45, 2.75) is 6.54 Å². The molecule has 0 radical (unpaired) electrons. The van der Waals surface area contributed by atoms with Crippen LogP contribution < -0.4 is 5.73 Å². The minimum Gasteiger partial charge on any atom is -0.399 e. The third kappa shape index (κ3) is 2.38. The Bertz CT molecular complexity index is 931. The number of benzene rings is 2. The Morgan fingerprint density at radius 3 is 2.61 bits per heavy atom. The van der Waals surface area contributed by atoms with Crippen molar-refractivity contribution in [1.82, 2.24) is 4.98 Å². The summed E-state index contributed by atoms with van der Waals surface area (Å²) in [5, 5.41) is 0. The van der Waals surface area contributed by atoms with E-state index in [9.17, 15) is 4.39 Å². The Labute approximate surface area is 133 Å². The maximum atomic E-state index is 13.6. The fourth-order valence-corrected chi connectivity index (χ4v) is 2.94. The molecular weight excluding hydrogens is 289 g/mol. The van der Waals surface area contributed by atoms with Crippen LogP contribution in [0.1, 0.15) is 16.8 Å². The van der Waals surface area contributed by atoms with Gasteiger partial charge in [0.25, 0.3) is 0 Å². The molecule has 3 aromatic rings. The van der Waals surface area contributed by atoms with Crippen LogP contribution in [0, 0.1) is 5.82 Å². The Morgan fingerprint density at radius 1 is 0.957 bits per heavy atom. The summed E-state index contributed by atoms with van der Waals surface area (Å²) >= 11 is 0. The molecule has 1 aromatic heterocycles. The molecule has 2 N–H and O–H groups in total. The molecule has 1 aliphatic heterocycles. The number of hydrogen-bond acceptors (Lipinski definition) is 3. The quantitative estimate of drug-likeness (QED) is 0.732. The Kier molecular flexibility index (Phi) is 3.15. The number of aromatic nitrogens is 1. The van der Waals surface area contributed by atoms with Gasteiger partial charge in [-0.05, 0) is 41.5 Å². The zero-order chi connectivity index (χ0) is 15.8. The third-order valence-electron chi connectivity index (χ3n) is 3.95. The number of anilines is 1. The summed E-state index contributed by atoms with van der Waals surface area (Å²) in [6, 6.07) is 16.2. The Morgan fingerprint density at radius 2 is 1.78 bits per heavy atom. The molecule has 0 saturated carbocycles. The molecular formula is C19H14FN3. The largest absolute Gasteiger partial charge is 0.399 e. The number of pyridine rings is 1. The van der Waals surface area contributed by atoms with Crippen molar-refractivity contribution < 1.29 is 4.39 Å². The number of halogens is 1. The first-order valence-electron chi connectivity index (χ1n) is 7.37. The maximum Gasteiger partial charge on any atom is 0.123 e. The summed E-state index contributed by atoms with van der Waals surface area (Å²) in [7, 11) is 0. The highest BCUT2D eigenvalue weighted by Gasteiger charge is 2.23. The number of nitrogens with zero attached hydrogens (tertiary/aromatic N) is 2. The van der Waals surface area contributed by atoms with E-state index in [2.05, 4.69) is 9.98 Å². The van der Waals surface area contributed by atoms with Gasteiger partial charge in [0.2, 0.25) is 0 Å². The van der Waals surface area contributed by atoms with Gasteiger partial charge in [-0.25, -0.2) is 4.39 Å². The molecule has 0 bridgehead atoms. The van der Waals surface area contributed by atoms with E-state index in [1.165, 1.54) is 12.1 Å². The highest BCUT2D eigenvalue weighted by atomic mass is 19.1. The number of aliphatic imine (C=N–C) groups is 1. The standard InChI is InChI=1S/C19H14FN3/c20-14-5-1-4-13(9-14)19-18-16(7-8-22-17(18)11-23-19)12-3-2-6-15(21)10-12/h1-10H,11,21H2. The lowest BCUT2D eigenvalue weighted by Gasteiger charge is -2.11. The lowest BCUT2D eigenvalue weighted by Crippen LogP contribution is -2.05. The molecule has 0 saturated heterocycles. The number of nitrogen functional groups attached to an aromatic ring is 1. The topological polar surface area (TPSA) is 51.3 Å². The summed E-state index contributed by atoms with van der Waals surface area (Å²) in [5.41, 5.74) is 12.1. The van der Waals surface area contributed by atoms with Gasteiger partial charge in [0.05, 0.1) is 18.0 Å². The van der Waals surface area contributed by atoms with Crippen molar-refractivity contribution in [3.8, 4) is 11.1 Å². The average molecular weight is 303 g/mol. The number of nitrogens with two attached hydrogens (primary N) is 1. The van der Waals surface area contributed by atoms with Crippen LogP contribution >= 0.6 is 0 Å². The summed E-state index contributed by atoms with van der Waals surface area (Å²) in [6.07, 6.45) is 1.78. The lowest BCUT2D eigenvalue weighted by molar-refractivity contribution is 0.627. The zero-order valence-corrected chi connectivity index (χ0v) is 12.3. The van der Waals surface area contributed by atoms with Gasteiger partial charge in [-0.3, -0.25) is 9.98 Å². The van der Waals surface area contributed by atoms with Crippen LogP contribution in [0.5, 0.6) is 0 Å². The molecule has 0 spiro atoms. The molecule has 0 unspecified atom stereocenters. The number of hydrogen-bond donors (Lipinski definition) is 1. The highest BCUT2D eigenvalue weighted by Crippen LogP contribution is 2.32. The van der Waals surface area contributed by atoms with Gasteiger partial charge < -0.3 is 5.73 Å². The van der Waals surface area contributed by atoms with E-state index < -0.39 is 0 Å². The molecule has 4 rings (SSSR count). The lowest BCUT2D eigenvalue weighted by atomic mass is 9.93.